The second-order valence-electron chi connectivity index (χ2n) is 4.72. The van der Waals surface area contributed by atoms with Gasteiger partial charge in [0, 0.05) is 0 Å². The molecule has 0 aliphatic heterocycles. The Balaban J connectivity index is 4.05. The summed E-state index contributed by atoms with van der Waals surface area (Å²) >= 11 is 0. The van der Waals surface area contributed by atoms with Gasteiger partial charge in [-0.3, -0.25) is 4.79 Å². The van der Waals surface area contributed by atoms with Crippen LogP contribution in [0.15, 0.2) is 34.9 Å². The maximum Gasteiger partial charge on any atom is 0.142 e. The third-order valence-electron chi connectivity index (χ3n) is 2.80. The van der Waals surface area contributed by atoms with Crippen molar-refractivity contribution in [3.63, 3.8) is 0 Å². The Labute approximate surface area is 106 Å². The average molecular weight is 234 g/mol. The van der Waals surface area contributed by atoms with E-state index < -0.39 is 0 Å². The smallest absolute Gasteiger partial charge is 0.142 e. The number of hydrogen-bond donors (Lipinski definition) is 0. The molecule has 0 rings (SSSR count). The highest BCUT2D eigenvalue weighted by atomic mass is 16.1. The molecule has 0 amide bonds. The first-order valence-corrected chi connectivity index (χ1v) is 6.52. The molecule has 0 fully saturated rings. The van der Waals surface area contributed by atoms with Crippen LogP contribution in [-0.2, 0) is 4.79 Å². The van der Waals surface area contributed by atoms with Crippen LogP contribution >= 0.6 is 0 Å². The SMILES string of the molecule is CC/C(=C\CC/C(C)=C\C=O)CCC=C(C)C. The molecule has 0 aromatic carbocycles. The Morgan fingerprint density at radius 3 is 2.18 bits per heavy atom. The van der Waals surface area contributed by atoms with E-state index in [9.17, 15) is 4.79 Å². The van der Waals surface area contributed by atoms with Crippen molar-refractivity contribution in [1.29, 1.82) is 0 Å². The molecular formula is C16H26O. The van der Waals surface area contributed by atoms with Crippen molar-refractivity contribution in [3.8, 4) is 0 Å². The number of hydrogen-bond acceptors (Lipinski definition) is 1. The molecule has 1 nitrogen and oxygen atoms in total. The number of aldehydes is 1. The first kappa shape index (κ1) is 15.9. The second-order valence-corrected chi connectivity index (χ2v) is 4.72. The maximum absolute atomic E-state index is 10.3. The number of carbonyl (C=O) groups excluding carboxylic acids is 1. The van der Waals surface area contributed by atoms with Crippen molar-refractivity contribution in [2.24, 2.45) is 0 Å². The summed E-state index contributed by atoms with van der Waals surface area (Å²) in [6.45, 7) is 8.51. The van der Waals surface area contributed by atoms with E-state index in [2.05, 4.69) is 32.9 Å². The topological polar surface area (TPSA) is 17.1 Å². The quantitative estimate of drug-likeness (QED) is 0.328. The van der Waals surface area contributed by atoms with Gasteiger partial charge >= 0.3 is 0 Å². The van der Waals surface area contributed by atoms with Gasteiger partial charge in [0.05, 0.1) is 0 Å². The van der Waals surface area contributed by atoms with E-state index in [0.29, 0.717) is 0 Å². The van der Waals surface area contributed by atoms with E-state index in [1.807, 2.05) is 6.92 Å². The van der Waals surface area contributed by atoms with Crippen LogP contribution in [0.4, 0.5) is 0 Å². The largest absolute Gasteiger partial charge is 0.299 e. The van der Waals surface area contributed by atoms with Crippen LogP contribution in [0.5, 0.6) is 0 Å². The van der Waals surface area contributed by atoms with Gasteiger partial charge in [0.15, 0.2) is 0 Å². The van der Waals surface area contributed by atoms with Crippen molar-refractivity contribution in [3.05, 3.63) is 34.9 Å². The molecule has 0 aliphatic rings. The lowest BCUT2D eigenvalue weighted by Gasteiger charge is -2.03. The van der Waals surface area contributed by atoms with Crippen molar-refractivity contribution in [2.45, 2.75) is 59.8 Å². The lowest BCUT2D eigenvalue weighted by atomic mass is 10.0. The summed E-state index contributed by atoms with van der Waals surface area (Å²) in [5.74, 6) is 0. The summed E-state index contributed by atoms with van der Waals surface area (Å²) < 4.78 is 0. The van der Waals surface area contributed by atoms with Gasteiger partial charge in [0.1, 0.15) is 6.29 Å². The number of rotatable bonds is 8. The monoisotopic (exact) mass is 234 g/mol. The van der Waals surface area contributed by atoms with Gasteiger partial charge in [-0.05, 0) is 59.0 Å². The molecule has 0 bridgehead atoms. The number of carbonyl (C=O) groups is 1. The van der Waals surface area contributed by atoms with Gasteiger partial charge in [-0.2, -0.15) is 0 Å². The van der Waals surface area contributed by atoms with Crippen LogP contribution in [0, 0.1) is 0 Å². The predicted octanol–water partition coefficient (Wildman–Crippen LogP) is 4.99. The van der Waals surface area contributed by atoms with Gasteiger partial charge in [0.25, 0.3) is 0 Å². The zero-order valence-electron chi connectivity index (χ0n) is 11.8. The Hall–Kier alpha value is -1.11. The second kappa shape index (κ2) is 10.1. The number of allylic oxidation sites excluding steroid dienone is 6. The average Bonchev–Trinajstić information content (AvgIpc) is 2.27. The third kappa shape index (κ3) is 9.80. The van der Waals surface area contributed by atoms with Gasteiger partial charge in [0.2, 0.25) is 0 Å². The minimum atomic E-state index is 0.870. The highest BCUT2D eigenvalue weighted by molar-refractivity contribution is 5.65. The van der Waals surface area contributed by atoms with Crippen LogP contribution in [-0.4, -0.2) is 6.29 Å². The Kier molecular flexibility index (Phi) is 9.41. The maximum atomic E-state index is 10.3. The fraction of sp³-hybridized carbons (Fsp3) is 0.562. The van der Waals surface area contributed by atoms with Gasteiger partial charge in [-0.15, -0.1) is 0 Å². The molecule has 0 aromatic rings. The van der Waals surface area contributed by atoms with E-state index in [4.69, 9.17) is 0 Å². The summed E-state index contributed by atoms with van der Waals surface area (Å²) in [6.07, 6.45) is 12.6. The van der Waals surface area contributed by atoms with E-state index >= 15 is 0 Å². The normalized spacial score (nSPS) is 12.5. The molecule has 0 spiro atoms. The molecule has 0 heterocycles. The summed E-state index contributed by atoms with van der Waals surface area (Å²) in [5.41, 5.74) is 4.09. The van der Waals surface area contributed by atoms with Crippen LogP contribution in [0.1, 0.15) is 59.8 Å². The predicted molar refractivity (Wildman–Crippen MR) is 76.1 cm³/mol. The molecule has 0 atom stereocenters. The molecule has 96 valence electrons. The molecule has 0 unspecified atom stereocenters. The molecule has 0 radical (unpaired) electrons. The minimum absolute atomic E-state index is 0.870. The summed E-state index contributed by atoms with van der Waals surface area (Å²) in [7, 11) is 0. The molecule has 0 N–H and O–H groups in total. The van der Waals surface area contributed by atoms with Gasteiger partial charge < -0.3 is 0 Å². The molecule has 0 aromatic heterocycles. The summed E-state index contributed by atoms with van der Waals surface area (Å²) in [6, 6.07) is 0. The van der Waals surface area contributed by atoms with Crippen molar-refractivity contribution < 1.29 is 4.79 Å². The Bertz CT molecular complexity index is 301. The van der Waals surface area contributed by atoms with E-state index in [1.165, 1.54) is 11.1 Å². The van der Waals surface area contributed by atoms with Crippen LogP contribution < -0.4 is 0 Å². The lowest BCUT2D eigenvalue weighted by Crippen LogP contribution is -1.84. The minimum Gasteiger partial charge on any atom is -0.299 e. The first-order chi connectivity index (χ1) is 8.10. The Morgan fingerprint density at radius 2 is 1.65 bits per heavy atom. The molecular weight excluding hydrogens is 208 g/mol. The highest BCUT2D eigenvalue weighted by Gasteiger charge is 1.94. The first-order valence-electron chi connectivity index (χ1n) is 6.52. The molecule has 17 heavy (non-hydrogen) atoms. The van der Waals surface area contributed by atoms with Crippen LogP contribution in [0.2, 0.25) is 0 Å². The van der Waals surface area contributed by atoms with Crippen molar-refractivity contribution >= 4 is 6.29 Å². The molecule has 1 heteroatoms. The summed E-state index contributed by atoms with van der Waals surface area (Å²) in [5, 5.41) is 0. The van der Waals surface area contributed by atoms with E-state index in [1.54, 1.807) is 6.08 Å². The van der Waals surface area contributed by atoms with E-state index in [0.717, 1.165) is 44.0 Å². The van der Waals surface area contributed by atoms with Gasteiger partial charge in [-0.25, -0.2) is 0 Å². The van der Waals surface area contributed by atoms with Crippen molar-refractivity contribution in [2.75, 3.05) is 0 Å². The summed E-state index contributed by atoms with van der Waals surface area (Å²) in [4.78, 5) is 10.3. The van der Waals surface area contributed by atoms with Crippen LogP contribution in [0.3, 0.4) is 0 Å². The zero-order chi connectivity index (χ0) is 13.1. The molecule has 0 saturated carbocycles. The molecule has 0 aliphatic carbocycles. The Morgan fingerprint density at radius 1 is 1.00 bits per heavy atom. The third-order valence-corrected chi connectivity index (χ3v) is 2.80. The van der Waals surface area contributed by atoms with Gasteiger partial charge in [-0.1, -0.05) is 35.8 Å². The fourth-order valence-electron chi connectivity index (χ4n) is 1.67. The van der Waals surface area contributed by atoms with Crippen molar-refractivity contribution in [1.82, 2.24) is 0 Å². The highest BCUT2D eigenvalue weighted by Crippen LogP contribution is 2.14. The van der Waals surface area contributed by atoms with Crippen LogP contribution in [0.25, 0.3) is 0 Å². The zero-order valence-corrected chi connectivity index (χ0v) is 11.8. The molecule has 0 saturated heterocycles. The van der Waals surface area contributed by atoms with E-state index in [-0.39, 0.29) is 0 Å². The lowest BCUT2D eigenvalue weighted by molar-refractivity contribution is -0.104. The fourth-order valence-corrected chi connectivity index (χ4v) is 1.67. The standard InChI is InChI=1S/C16H26O/c1-5-16(10-6-8-14(2)3)11-7-9-15(4)12-13-17/h8,11-13H,5-7,9-10H2,1-4H3/b15-12-,16-11+.